The standard InChI is InChI=1S/C20H22F2N4O3S2/c1-20(2,28)8-5-9-29-19-13(10-24-31-19)26(3)18-15(16(23)27)25-17(30-18)14-11(21)6-4-7-12(14)22/h4,6-7,10,28H,5,8-9H2,1-3H3,(H2,23,27). The van der Waals surface area contributed by atoms with Crippen LogP contribution in [-0.2, 0) is 0 Å². The van der Waals surface area contributed by atoms with Crippen LogP contribution >= 0.6 is 22.9 Å². The SMILES string of the molecule is CN(c1cnsc1OCCCC(C)(C)O)c1sc(-c2c(F)cccc2F)nc1C(N)=O. The maximum Gasteiger partial charge on any atom is 0.270 e. The second-order valence-electron chi connectivity index (χ2n) is 7.46. The molecule has 0 spiro atoms. The summed E-state index contributed by atoms with van der Waals surface area (Å²) >= 11 is 2.06. The van der Waals surface area contributed by atoms with E-state index in [1.54, 1.807) is 32.0 Å². The number of primary amides is 1. The molecule has 7 nitrogen and oxygen atoms in total. The number of rotatable bonds is 9. The van der Waals surface area contributed by atoms with Crippen LogP contribution in [0.5, 0.6) is 5.06 Å². The van der Waals surface area contributed by atoms with Crippen molar-refractivity contribution in [2.45, 2.75) is 32.3 Å². The minimum absolute atomic E-state index is 0.00193. The lowest BCUT2D eigenvalue weighted by atomic mass is 10.0. The van der Waals surface area contributed by atoms with E-state index in [4.69, 9.17) is 10.5 Å². The number of benzene rings is 1. The fourth-order valence-electron chi connectivity index (χ4n) is 2.84. The average molecular weight is 469 g/mol. The third-order valence-electron chi connectivity index (χ3n) is 4.37. The Morgan fingerprint density at radius 3 is 2.61 bits per heavy atom. The molecule has 3 rings (SSSR count). The minimum atomic E-state index is -0.822. The normalized spacial score (nSPS) is 11.5. The van der Waals surface area contributed by atoms with Gasteiger partial charge in [0, 0.05) is 18.6 Å². The second kappa shape index (κ2) is 9.25. The first kappa shape index (κ1) is 23.0. The highest BCUT2D eigenvalue weighted by molar-refractivity contribution is 7.19. The van der Waals surface area contributed by atoms with Crippen LogP contribution in [-0.4, -0.2) is 39.6 Å². The lowest BCUT2D eigenvalue weighted by Gasteiger charge is -2.19. The van der Waals surface area contributed by atoms with Crippen molar-refractivity contribution < 1.29 is 23.4 Å². The van der Waals surface area contributed by atoms with Gasteiger partial charge >= 0.3 is 0 Å². The molecule has 0 aliphatic heterocycles. The number of carbonyl (C=O) groups is 1. The molecule has 0 aliphatic carbocycles. The van der Waals surface area contributed by atoms with E-state index >= 15 is 0 Å². The molecule has 0 bridgehead atoms. The number of aliphatic hydroxyl groups is 1. The van der Waals surface area contributed by atoms with E-state index in [9.17, 15) is 18.7 Å². The van der Waals surface area contributed by atoms with Crippen molar-refractivity contribution in [1.82, 2.24) is 9.36 Å². The molecule has 31 heavy (non-hydrogen) atoms. The van der Waals surface area contributed by atoms with E-state index < -0.39 is 23.1 Å². The Morgan fingerprint density at radius 1 is 1.32 bits per heavy atom. The predicted octanol–water partition coefficient (Wildman–Crippen LogP) is 4.34. The van der Waals surface area contributed by atoms with E-state index in [1.807, 2.05) is 0 Å². The van der Waals surface area contributed by atoms with Crippen molar-refractivity contribution in [2.24, 2.45) is 5.73 Å². The van der Waals surface area contributed by atoms with Crippen LogP contribution in [0.3, 0.4) is 0 Å². The highest BCUT2D eigenvalue weighted by atomic mass is 32.1. The fourth-order valence-corrected chi connectivity index (χ4v) is 4.60. The van der Waals surface area contributed by atoms with E-state index in [0.29, 0.717) is 35.2 Å². The fraction of sp³-hybridized carbons (Fsp3) is 0.350. The Balaban J connectivity index is 1.89. The van der Waals surface area contributed by atoms with Crippen LogP contribution in [0.4, 0.5) is 19.5 Å². The molecule has 0 saturated heterocycles. The van der Waals surface area contributed by atoms with E-state index in [0.717, 1.165) is 35.0 Å². The molecule has 0 aliphatic rings. The van der Waals surface area contributed by atoms with Gasteiger partial charge in [0.2, 0.25) is 5.06 Å². The average Bonchev–Trinajstić information content (AvgIpc) is 3.31. The van der Waals surface area contributed by atoms with Crippen LogP contribution in [0.1, 0.15) is 37.2 Å². The monoisotopic (exact) mass is 468 g/mol. The number of carbonyl (C=O) groups excluding carboxylic acids is 1. The Morgan fingerprint density at radius 2 is 2.00 bits per heavy atom. The zero-order valence-corrected chi connectivity index (χ0v) is 18.8. The molecule has 1 amide bonds. The highest BCUT2D eigenvalue weighted by Gasteiger charge is 2.26. The molecule has 0 unspecified atom stereocenters. The van der Waals surface area contributed by atoms with Gasteiger partial charge in [-0.1, -0.05) is 17.4 Å². The van der Waals surface area contributed by atoms with Crippen LogP contribution in [0.15, 0.2) is 24.4 Å². The van der Waals surface area contributed by atoms with Gasteiger partial charge in [-0.15, -0.1) is 0 Å². The van der Waals surface area contributed by atoms with Gasteiger partial charge in [-0.25, -0.2) is 13.8 Å². The Labute approximate surface area is 186 Å². The molecule has 3 N–H and O–H groups in total. The predicted molar refractivity (Wildman–Crippen MR) is 117 cm³/mol. The van der Waals surface area contributed by atoms with E-state index in [1.165, 1.54) is 6.07 Å². The molecule has 0 fully saturated rings. The summed E-state index contributed by atoms with van der Waals surface area (Å²) in [4.78, 5) is 17.7. The molecule has 2 heterocycles. The Bertz CT molecular complexity index is 1060. The van der Waals surface area contributed by atoms with Crippen LogP contribution in [0, 0.1) is 11.6 Å². The summed E-state index contributed by atoms with van der Waals surface area (Å²) in [5, 5.41) is 10.6. The number of aromatic nitrogens is 2. The number of ether oxygens (including phenoxy) is 1. The number of hydrogen-bond acceptors (Lipinski definition) is 8. The van der Waals surface area contributed by atoms with Crippen molar-refractivity contribution in [3.63, 3.8) is 0 Å². The van der Waals surface area contributed by atoms with Crippen LogP contribution in [0.2, 0.25) is 0 Å². The Hall–Kier alpha value is -2.63. The molecule has 2 aromatic heterocycles. The van der Waals surface area contributed by atoms with Crippen molar-refractivity contribution in [1.29, 1.82) is 0 Å². The molecule has 3 aromatic rings. The van der Waals surface area contributed by atoms with Gasteiger partial charge in [0.05, 0.1) is 24.0 Å². The second-order valence-corrected chi connectivity index (χ2v) is 9.20. The largest absolute Gasteiger partial charge is 0.481 e. The third-order valence-corrected chi connectivity index (χ3v) is 6.22. The van der Waals surface area contributed by atoms with Crippen molar-refractivity contribution in [3.8, 4) is 15.6 Å². The smallest absolute Gasteiger partial charge is 0.270 e. The van der Waals surface area contributed by atoms with Crippen LogP contribution < -0.4 is 15.4 Å². The van der Waals surface area contributed by atoms with Crippen molar-refractivity contribution in [2.75, 3.05) is 18.6 Å². The summed E-state index contributed by atoms with van der Waals surface area (Å²) in [5.41, 5.74) is 4.82. The first-order valence-electron chi connectivity index (χ1n) is 9.37. The number of nitrogens with zero attached hydrogens (tertiary/aromatic N) is 3. The lowest BCUT2D eigenvalue weighted by molar-refractivity contribution is 0.0643. The topological polar surface area (TPSA) is 102 Å². The van der Waals surface area contributed by atoms with Gasteiger partial charge in [0.25, 0.3) is 5.91 Å². The summed E-state index contributed by atoms with van der Waals surface area (Å²) in [7, 11) is 1.66. The van der Waals surface area contributed by atoms with Gasteiger partial charge in [-0.3, -0.25) is 4.79 Å². The summed E-state index contributed by atoms with van der Waals surface area (Å²) in [6.07, 6.45) is 2.76. The number of anilines is 2. The number of thiazole rings is 1. The molecular formula is C20H22F2N4O3S2. The summed E-state index contributed by atoms with van der Waals surface area (Å²) < 4.78 is 38.4. The summed E-state index contributed by atoms with van der Waals surface area (Å²) in [6.45, 7) is 3.82. The molecular weight excluding hydrogens is 446 g/mol. The quantitative estimate of drug-likeness (QED) is 0.453. The zero-order chi connectivity index (χ0) is 22.8. The van der Waals surface area contributed by atoms with E-state index in [2.05, 4.69) is 9.36 Å². The van der Waals surface area contributed by atoms with Crippen molar-refractivity contribution >= 4 is 39.5 Å². The molecule has 166 valence electrons. The van der Waals surface area contributed by atoms with Gasteiger partial charge in [-0.2, -0.15) is 4.37 Å². The lowest BCUT2D eigenvalue weighted by Crippen LogP contribution is -2.19. The van der Waals surface area contributed by atoms with Crippen molar-refractivity contribution in [3.05, 3.63) is 41.7 Å². The molecule has 11 heteroatoms. The Kier molecular flexibility index (Phi) is 6.87. The first-order chi connectivity index (χ1) is 14.6. The number of hydrogen-bond donors (Lipinski definition) is 2. The highest BCUT2D eigenvalue weighted by Crippen LogP contribution is 2.42. The third kappa shape index (κ3) is 5.35. The summed E-state index contributed by atoms with van der Waals surface area (Å²) in [6, 6.07) is 3.49. The van der Waals surface area contributed by atoms with Gasteiger partial charge < -0.3 is 20.5 Å². The molecule has 0 atom stereocenters. The van der Waals surface area contributed by atoms with Gasteiger partial charge in [0.15, 0.2) is 5.69 Å². The van der Waals surface area contributed by atoms with E-state index in [-0.39, 0.29) is 16.3 Å². The number of halogens is 2. The van der Waals surface area contributed by atoms with Crippen LogP contribution in [0.25, 0.3) is 10.6 Å². The summed E-state index contributed by atoms with van der Waals surface area (Å²) in [5.74, 6) is -2.39. The minimum Gasteiger partial charge on any atom is -0.481 e. The number of nitrogens with two attached hydrogens (primary N) is 1. The zero-order valence-electron chi connectivity index (χ0n) is 17.2. The maximum absolute atomic E-state index is 14.2. The molecule has 1 aromatic carbocycles. The first-order valence-corrected chi connectivity index (χ1v) is 11.0. The van der Waals surface area contributed by atoms with Gasteiger partial charge in [-0.05, 0) is 38.8 Å². The maximum atomic E-state index is 14.2. The van der Waals surface area contributed by atoms with Gasteiger partial charge in [0.1, 0.15) is 27.3 Å². The molecule has 0 saturated carbocycles. The number of amides is 1. The molecule has 0 radical (unpaired) electrons.